The van der Waals surface area contributed by atoms with Gasteiger partial charge in [0.2, 0.25) is 0 Å². The van der Waals surface area contributed by atoms with Crippen molar-refractivity contribution in [1.29, 1.82) is 0 Å². The van der Waals surface area contributed by atoms with E-state index >= 15 is 0 Å². The van der Waals surface area contributed by atoms with E-state index in [9.17, 15) is 22.8 Å². The Morgan fingerprint density at radius 1 is 1.33 bits per heavy atom. The Balaban J connectivity index is 4.34. The third kappa shape index (κ3) is 6.31. The summed E-state index contributed by atoms with van der Waals surface area (Å²) < 4.78 is 35.8. The van der Waals surface area contributed by atoms with Crippen LogP contribution < -0.4 is 5.32 Å². The fraction of sp³-hybridized carbons (Fsp3) is 0.800. The van der Waals surface area contributed by atoms with E-state index in [1.165, 1.54) is 7.05 Å². The fourth-order valence-corrected chi connectivity index (χ4v) is 1.15. The van der Waals surface area contributed by atoms with Gasteiger partial charge in [0.25, 0.3) is 0 Å². The van der Waals surface area contributed by atoms with Crippen molar-refractivity contribution in [3.8, 4) is 0 Å². The van der Waals surface area contributed by atoms with Crippen molar-refractivity contribution >= 4 is 12.0 Å². The van der Waals surface area contributed by atoms with Gasteiger partial charge in [0.15, 0.2) is 0 Å². The van der Waals surface area contributed by atoms with Gasteiger partial charge >= 0.3 is 18.2 Å². The second kappa shape index (κ2) is 6.46. The summed E-state index contributed by atoms with van der Waals surface area (Å²) in [5.41, 5.74) is 0. The molecular weight excluding hydrogens is 253 g/mol. The van der Waals surface area contributed by atoms with Crippen LogP contribution >= 0.6 is 0 Å². The number of amides is 2. The van der Waals surface area contributed by atoms with Gasteiger partial charge in [-0.2, -0.15) is 13.2 Å². The second-order valence-electron chi connectivity index (χ2n) is 4.30. The first kappa shape index (κ1) is 16.5. The number of carbonyl (C=O) groups is 2. The SMILES string of the molecule is CC(C)C(NC(=O)N(C)CCC(F)(F)F)C(=O)O. The maximum absolute atomic E-state index is 11.9. The molecule has 18 heavy (non-hydrogen) atoms. The Bertz CT molecular complexity index is 305. The van der Waals surface area contributed by atoms with Crippen molar-refractivity contribution in [2.24, 2.45) is 5.92 Å². The molecule has 1 atom stereocenters. The smallest absolute Gasteiger partial charge is 0.390 e. The molecule has 0 radical (unpaired) electrons. The molecule has 0 aliphatic heterocycles. The summed E-state index contributed by atoms with van der Waals surface area (Å²) in [7, 11) is 1.18. The Morgan fingerprint density at radius 2 is 1.83 bits per heavy atom. The minimum absolute atomic E-state index is 0.359. The average molecular weight is 270 g/mol. The van der Waals surface area contributed by atoms with Gasteiger partial charge in [-0.25, -0.2) is 9.59 Å². The molecule has 0 saturated carbocycles. The Labute approximate surface area is 103 Å². The number of carboxylic acids is 1. The molecule has 0 aliphatic rings. The number of aliphatic carboxylic acids is 1. The van der Waals surface area contributed by atoms with E-state index in [1.807, 2.05) is 0 Å². The molecule has 5 nitrogen and oxygen atoms in total. The van der Waals surface area contributed by atoms with Crippen LogP contribution in [-0.2, 0) is 4.79 Å². The van der Waals surface area contributed by atoms with E-state index in [0.717, 1.165) is 4.90 Å². The first-order chi connectivity index (χ1) is 8.04. The van der Waals surface area contributed by atoms with E-state index in [1.54, 1.807) is 13.8 Å². The summed E-state index contributed by atoms with van der Waals surface area (Å²) in [6.45, 7) is 2.67. The molecule has 1 unspecified atom stereocenters. The van der Waals surface area contributed by atoms with Gasteiger partial charge in [0.05, 0.1) is 6.42 Å². The minimum atomic E-state index is -4.35. The monoisotopic (exact) mass is 270 g/mol. The summed E-state index contributed by atoms with van der Waals surface area (Å²) in [6.07, 6.45) is -5.48. The molecule has 0 spiro atoms. The fourth-order valence-electron chi connectivity index (χ4n) is 1.15. The lowest BCUT2D eigenvalue weighted by Crippen LogP contribution is -2.49. The van der Waals surface area contributed by atoms with Gasteiger partial charge in [-0.15, -0.1) is 0 Å². The van der Waals surface area contributed by atoms with Crippen LogP contribution in [0.3, 0.4) is 0 Å². The molecule has 0 fully saturated rings. The third-order valence-electron chi connectivity index (χ3n) is 2.29. The summed E-state index contributed by atoms with van der Waals surface area (Å²) in [5.74, 6) is -1.58. The minimum Gasteiger partial charge on any atom is -0.480 e. The zero-order chi connectivity index (χ0) is 14.5. The van der Waals surface area contributed by atoms with E-state index < -0.39 is 37.2 Å². The maximum Gasteiger partial charge on any atom is 0.390 e. The van der Waals surface area contributed by atoms with Crippen molar-refractivity contribution in [2.45, 2.75) is 32.5 Å². The summed E-state index contributed by atoms with van der Waals surface area (Å²) in [4.78, 5) is 23.1. The Hall–Kier alpha value is -1.47. The predicted molar refractivity (Wildman–Crippen MR) is 58.1 cm³/mol. The Kier molecular flexibility index (Phi) is 5.93. The third-order valence-corrected chi connectivity index (χ3v) is 2.29. The van der Waals surface area contributed by atoms with Crippen LogP contribution in [0.1, 0.15) is 20.3 Å². The van der Waals surface area contributed by atoms with Gasteiger partial charge in [-0.3, -0.25) is 0 Å². The van der Waals surface area contributed by atoms with Gasteiger partial charge < -0.3 is 15.3 Å². The highest BCUT2D eigenvalue weighted by molar-refractivity contribution is 5.82. The van der Waals surface area contributed by atoms with Crippen LogP contribution in [0, 0.1) is 5.92 Å². The molecule has 0 rings (SSSR count). The van der Waals surface area contributed by atoms with Crippen LogP contribution in [0.15, 0.2) is 0 Å². The number of alkyl halides is 3. The van der Waals surface area contributed by atoms with Crippen LogP contribution in [0.25, 0.3) is 0 Å². The van der Waals surface area contributed by atoms with Crippen LogP contribution in [-0.4, -0.2) is 47.8 Å². The van der Waals surface area contributed by atoms with E-state index in [2.05, 4.69) is 5.32 Å². The number of carboxylic acid groups (broad SMARTS) is 1. The zero-order valence-electron chi connectivity index (χ0n) is 10.4. The normalized spacial score (nSPS) is 13.3. The molecule has 2 amide bonds. The first-order valence-corrected chi connectivity index (χ1v) is 5.35. The number of urea groups is 1. The lowest BCUT2D eigenvalue weighted by atomic mass is 10.1. The molecule has 0 aliphatic carbocycles. The van der Waals surface area contributed by atoms with Crippen molar-refractivity contribution in [3.05, 3.63) is 0 Å². The highest BCUT2D eigenvalue weighted by Gasteiger charge is 2.29. The lowest BCUT2D eigenvalue weighted by Gasteiger charge is -2.23. The summed E-state index contributed by atoms with van der Waals surface area (Å²) in [5, 5.41) is 11.0. The van der Waals surface area contributed by atoms with E-state index in [0.29, 0.717) is 0 Å². The van der Waals surface area contributed by atoms with E-state index in [4.69, 9.17) is 5.11 Å². The number of nitrogens with one attached hydrogen (secondary N) is 1. The molecule has 106 valence electrons. The molecule has 0 saturated heterocycles. The van der Waals surface area contributed by atoms with Gasteiger partial charge in [0.1, 0.15) is 6.04 Å². The quantitative estimate of drug-likeness (QED) is 0.798. The standard InChI is InChI=1S/C10H17F3N2O3/c1-6(2)7(8(16)17)14-9(18)15(3)5-4-10(11,12)13/h6-7H,4-5H2,1-3H3,(H,14,18)(H,16,17). The number of halogens is 3. The highest BCUT2D eigenvalue weighted by Crippen LogP contribution is 2.19. The molecular formula is C10H17F3N2O3. The first-order valence-electron chi connectivity index (χ1n) is 5.35. The zero-order valence-corrected chi connectivity index (χ0v) is 10.4. The lowest BCUT2D eigenvalue weighted by molar-refractivity contribution is -0.141. The molecule has 0 bridgehead atoms. The largest absolute Gasteiger partial charge is 0.480 e. The molecule has 0 aromatic rings. The summed E-state index contributed by atoms with van der Waals surface area (Å²) >= 11 is 0. The molecule has 8 heteroatoms. The number of nitrogens with zero attached hydrogens (tertiary/aromatic N) is 1. The number of rotatable bonds is 5. The number of hydrogen-bond acceptors (Lipinski definition) is 2. The van der Waals surface area contributed by atoms with Crippen LogP contribution in [0.2, 0.25) is 0 Å². The van der Waals surface area contributed by atoms with Crippen LogP contribution in [0.4, 0.5) is 18.0 Å². The molecule has 0 aromatic carbocycles. The van der Waals surface area contributed by atoms with Crippen molar-refractivity contribution in [2.75, 3.05) is 13.6 Å². The summed E-state index contributed by atoms with van der Waals surface area (Å²) in [6, 6.07) is -1.95. The predicted octanol–water partition coefficient (Wildman–Crippen LogP) is 1.69. The second-order valence-corrected chi connectivity index (χ2v) is 4.30. The topological polar surface area (TPSA) is 69.6 Å². The van der Waals surface area contributed by atoms with Crippen molar-refractivity contribution in [3.63, 3.8) is 0 Å². The van der Waals surface area contributed by atoms with E-state index in [-0.39, 0.29) is 5.92 Å². The number of carbonyl (C=O) groups excluding carboxylic acids is 1. The molecule has 0 aromatic heterocycles. The molecule has 0 heterocycles. The van der Waals surface area contributed by atoms with Gasteiger partial charge in [-0.05, 0) is 5.92 Å². The van der Waals surface area contributed by atoms with Crippen LogP contribution in [0.5, 0.6) is 0 Å². The van der Waals surface area contributed by atoms with Gasteiger partial charge in [-0.1, -0.05) is 13.8 Å². The highest BCUT2D eigenvalue weighted by atomic mass is 19.4. The van der Waals surface area contributed by atoms with Gasteiger partial charge in [0, 0.05) is 13.6 Å². The number of hydrogen-bond donors (Lipinski definition) is 2. The molecule has 2 N–H and O–H groups in total. The van der Waals surface area contributed by atoms with Crippen molar-refractivity contribution in [1.82, 2.24) is 10.2 Å². The Morgan fingerprint density at radius 3 is 2.17 bits per heavy atom. The maximum atomic E-state index is 11.9. The van der Waals surface area contributed by atoms with Crippen molar-refractivity contribution < 1.29 is 27.9 Å². The average Bonchev–Trinajstić information content (AvgIpc) is 2.19.